The molecule has 0 aliphatic carbocycles. The quantitative estimate of drug-likeness (QED) is 0.555. The van der Waals surface area contributed by atoms with Gasteiger partial charge in [-0.3, -0.25) is 4.90 Å². The van der Waals surface area contributed by atoms with Gasteiger partial charge in [0.25, 0.3) is 15.8 Å². The third kappa shape index (κ3) is 2.55. The van der Waals surface area contributed by atoms with Crippen LogP contribution in [0.15, 0.2) is 29.2 Å². The molecule has 0 saturated carbocycles. The predicted octanol–water partition coefficient (Wildman–Crippen LogP) is 1.01. The number of amides is 1. The van der Waals surface area contributed by atoms with E-state index in [9.17, 15) is 18.0 Å². The number of carbonyl (C=O) groups is 2. The Hall–Kier alpha value is -2.13. The average Bonchev–Trinajstić information content (AvgIpc) is 2.95. The summed E-state index contributed by atoms with van der Waals surface area (Å²) in [6, 6.07) is 5.72. The second-order valence-corrected chi connectivity index (χ2v) is 6.81. The van der Waals surface area contributed by atoms with Crippen molar-refractivity contribution < 1.29 is 31.7 Å². The standard InChI is InChI=1S/C14H15NO7S/c1-20-12(16)14-7-2-8-15(14)13(17)21-9-10-3-5-11(6-4-10)23(18,19)22-14/h3-6H,2,7-9H2,1H3/t14-/m0/s1. The summed E-state index contributed by atoms with van der Waals surface area (Å²) in [5, 5.41) is 0. The van der Waals surface area contributed by atoms with Crippen molar-refractivity contribution in [2.45, 2.75) is 30.1 Å². The summed E-state index contributed by atoms with van der Waals surface area (Å²) >= 11 is 0. The Morgan fingerprint density at radius 2 is 2.00 bits per heavy atom. The third-order valence-electron chi connectivity index (χ3n) is 3.88. The first kappa shape index (κ1) is 15.8. The fourth-order valence-corrected chi connectivity index (χ4v) is 3.90. The van der Waals surface area contributed by atoms with Gasteiger partial charge in [-0.2, -0.15) is 8.42 Å². The normalized spacial score (nSPS) is 26.1. The molecule has 1 atom stereocenters. The maximum absolute atomic E-state index is 12.5. The van der Waals surface area contributed by atoms with E-state index in [0.29, 0.717) is 12.0 Å². The molecule has 3 aliphatic rings. The molecule has 0 aromatic heterocycles. The van der Waals surface area contributed by atoms with Crippen LogP contribution in [0.3, 0.4) is 0 Å². The Labute approximate surface area is 133 Å². The van der Waals surface area contributed by atoms with E-state index in [1.165, 1.54) is 24.3 Å². The van der Waals surface area contributed by atoms with Crippen molar-refractivity contribution in [2.75, 3.05) is 13.7 Å². The molecule has 4 rings (SSSR count). The summed E-state index contributed by atoms with van der Waals surface area (Å²) in [6.45, 7) is 0.0991. The molecular weight excluding hydrogens is 326 g/mol. The van der Waals surface area contributed by atoms with Gasteiger partial charge in [0.05, 0.1) is 12.0 Å². The van der Waals surface area contributed by atoms with Gasteiger partial charge in [-0.15, -0.1) is 0 Å². The highest BCUT2D eigenvalue weighted by Gasteiger charge is 2.56. The van der Waals surface area contributed by atoms with Crippen molar-refractivity contribution in [2.24, 2.45) is 0 Å². The van der Waals surface area contributed by atoms with Crippen LogP contribution >= 0.6 is 0 Å². The maximum Gasteiger partial charge on any atom is 0.412 e. The molecule has 1 saturated heterocycles. The molecule has 1 fully saturated rings. The number of hydrogen-bond donors (Lipinski definition) is 0. The van der Waals surface area contributed by atoms with Crippen molar-refractivity contribution in [1.29, 1.82) is 0 Å². The summed E-state index contributed by atoms with van der Waals surface area (Å²) in [6.07, 6.45) is -0.435. The molecule has 0 spiro atoms. The molecule has 1 aromatic rings. The van der Waals surface area contributed by atoms with Gasteiger partial charge in [-0.1, -0.05) is 12.1 Å². The fourth-order valence-electron chi connectivity index (χ4n) is 2.73. The number of carbonyl (C=O) groups excluding carboxylic acids is 2. The summed E-state index contributed by atoms with van der Waals surface area (Å²) in [5.74, 6) is -0.953. The second-order valence-electron chi connectivity index (χ2n) is 5.27. The zero-order valence-electron chi connectivity index (χ0n) is 12.4. The topological polar surface area (TPSA) is 99.2 Å². The van der Waals surface area contributed by atoms with Crippen LogP contribution in [0.4, 0.5) is 4.79 Å². The van der Waals surface area contributed by atoms with Gasteiger partial charge in [0.15, 0.2) is 0 Å². The Morgan fingerprint density at radius 1 is 1.30 bits per heavy atom. The van der Waals surface area contributed by atoms with E-state index in [2.05, 4.69) is 4.74 Å². The summed E-state index contributed by atoms with van der Waals surface area (Å²) in [4.78, 5) is 25.4. The van der Waals surface area contributed by atoms with Crippen LogP contribution in [-0.4, -0.2) is 44.8 Å². The molecule has 1 aromatic carbocycles. The number of rotatable bonds is 1. The lowest BCUT2D eigenvalue weighted by molar-refractivity contribution is -0.171. The Balaban J connectivity index is 2.14. The van der Waals surface area contributed by atoms with Gasteiger partial charge in [0.1, 0.15) is 6.61 Å². The summed E-state index contributed by atoms with van der Waals surface area (Å²) < 4.78 is 40.1. The SMILES string of the molecule is COC(=O)[C@@]12CCCN1C(=O)OCc1ccc(cc1)S(=O)(=O)O2. The Morgan fingerprint density at radius 3 is 2.65 bits per heavy atom. The summed E-state index contributed by atoms with van der Waals surface area (Å²) in [7, 11) is -3.16. The molecule has 23 heavy (non-hydrogen) atoms. The molecule has 3 aliphatic heterocycles. The molecule has 0 N–H and O–H groups in total. The first-order valence-electron chi connectivity index (χ1n) is 6.96. The van der Waals surface area contributed by atoms with Crippen molar-refractivity contribution in [3.05, 3.63) is 29.8 Å². The smallest absolute Gasteiger partial charge is 0.412 e. The molecule has 0 unspecified atom stereocenters. The van der Waals surface area contributed by atoms with Gasteiger partial charge >= 0.3 is 12.1 Å². The molecule has 1 amide bonds. The predicted molar refractivity (Wildman–Crippen MR) is 75.6 cm³/mol. The Bertz CT molecular complexity index is 743. The lowest BCUT2D eigenvalue weighted by atomic mass is 10.1. The van der Waals surface area contributed by atoms with Gasteiger partial charge in [0, 0.05) is 13.0 Å². The number of hydrogen-bond acceptors (Lipinski definition) is 7. The number of benzene rings is 1. The lowest BCUT2D eigenvalue weighted by Gasteiger charge is -2.33. The van der Waals surface area contributed by atoms with E-state index >= 15 is 0 Å². The second kappa shape index (κ2) is 5.50. The molecule has 9 heteroatoms. The van der Waals surface area contributed by atoms with Crippen molar-refractivity contribution in [3.63, 3.8) is 0 Å². The Kier molecular flexibility index (Phi) is 3.77. The average molecular weight is 341 g/mol. The van der Waals surface area contributed by atoms with Gasteiger partial charge in [-0.05, 0) is 24.1 Å². The first-order valence-corrected chi connectivity index (χ1v) is 8.37. The number of esters is 1. The molecule has 0 radical (unpaired) electrons. The minimum atomic E-state index is -4.26. The highest BCUT2D eigenvalue weighted by Crippen LogP contribution is 2.36. The monoisotopic (exact) mass is 341 g/mol. The van der Waals surface area contributed by atoms with Gasteiger partial charge < -0.3 is 9.47 Å². The van der Waals surface area contributed by atoms with Crippen molar-refractivity contribution in [1.82, 2.24) is 4.90 Å². The van der Waals surface area contributed by atoms with Gasteiger partial charge in [-0.25, -0.2) is 13.8 Å². The number of ether oxygens (including phenoxy) is 2. The fraction of sp³-hybridized carbons (Fsp3) is 0.429. The molecule has 2 bridgehead atoms. The van der Waals surface area contributed by atoms with Crippen LogP contribution in [0.1, 0.15) is 18.4 Å². The van der Waals surface area contributed by atoms with E-state index in [1.807, 2.05) is 0 Å². The van der Waals surface area contributed by atoms with E-state index in [0.717, 1.165) is 12.0 Å². The first-order chi connectivity index (χ1) is 10.9. The highest BCUT2D eigenvalue weighted by atomic mass is 32.2. The van der Waals surface area contributed by atoms with Crippen LogP contribution in [0, 0.1) is 0 Å². The zero-order valence-corrected chi connectivity index (χ0v) is 13.2. The summed E-state index contributed by atoms with van der Waals surface area (Å²) in [5.41, 5.74) is -1.41. The molecule has 3 heterocycles. The van der Waals surface area contributed by atoms with E-state index < -0.39 is 27.9 Å². The van der Waals surface area contributed by atoms with Gasteiger partial charge in [0.2, 0.25) is 0 Å². The number of fused-ring (bicyclic) bond motifs is 5. The zero-order chi connectivity index (χ0) is 16.7. The van der Waals surface area contributed by atoms with Crippen LogP contribution in [0.25, 0.3) is 0 Å². The molecule has 8 nitrogen and oxygen atoms in total. The van der Waals surface area contributed by atoms with Crippen molar-refractivity contribution >= 4 is 22.2 Å². The van der Waals surface area contributed by atoms with E-state index in [-0.39, 0.29) is 24.5 Å². The van der Waals surface area contributed by atoms with Crippen LogP contribution in [0.2, 0.25) is 0 Å². The number of methoxy groups -OCH3 is 1. The van der Waals surface area contributed by atoms with Crippen LogP contribution < -0.4 is 0 Å². The third-order valence-corrected chi connectivity index (χ3v) is 5.22. The minimum absolute atomic E-state index is 0.00524. The van der Waals surface area contributed by atoms with Crippen molar-refractivity contribution in [3.8, 4) is 0 Å². The van der Waals surface area contributed by atoms with Crippen LogP contribution in [-0.2, 0) is 35.2 Å². The maximum atomic E-state index is 12.5. The number of nitrogens with zero attached hydrogens (tertiary/aromatic N) is 1. The van der Waals surface area contributed by atoms with Crippen LogP contribution in [0.5, 0.6) is 0 Å². The molecular formula is C14H15NO7S. The van der Waals surface area contributed by atoms with E-state index in [1.54, 1.807) is 0 Å². The largest absolute Gasteiger partial charge is 0.465 e. The molecule has 124 valence electrons. The van der Waals surface area contributed by atoms with E-state index in [4.69, 9.17) is 8.92 Å². The highest BCUT2D eigenvalue weighted by molar-refractivity contribution is 7.86. The minimum Gasteiger partial charge on any atom is -0.465 e. The lowest BCUT2D eigenvalue weighted by Crippen LogP contribution is -2.56.